The molecule has 1 aromatic carbocycles. The second-order valence-corrected chi connectivity index (χ2v) is 6.68. The minimum atomic E-state index is -0.467. The molecule has 0 heterocycles. The fourth-order valence-corrected chi connectivity index (χ4v) is 1.02. The second-order valence-electron chi connectivity index (χ2n) is 6.68. The number of nitrogens with two attached hydrogens (primary N) is 3. The van der Waals surface area contributed by atoms with E-state index in [4.69, 9.17) is 17.2 Å². The first-order valence-electron chi connectivity index (χ1n) is 6.42. The number of phenols is 1. The maximum Gasteiger partial charge on any atom is 0.120 e. The molecule has 0 bridgehead atoms. The summed E-state index contributed by atoms with van der Waals surface area (Å²) in [6, 6.07) is 7.12. The molecule has 4 nitrogen and oxygen atoms in total. The zero-order chi connectivity index (χ0) is 15.5. The molecule has 0 amide bonds. The summed E-state index contributed by atoms with van der Waals surface area (Å²) in [6.07, 6.45) is 0. The van der Waals surface area contributed by atoms with Gasteiger partial charge in [-0.15, -0.1) is 0 Å². The predicted octanol–water partition coefficient (Wildman–Crippen LogP) is 2.05. The van der Waals surface area contributed by atoms with E-state index in [1.807, 2.05) is 53.7 Å². The van der Waals surface area contributed by atoms with Crippen LogP contribution in [-0.2, 0) is 5.54 Å². The Morgan fingerprint density at radius 3 is 1.37 bits per heavy atom. The van der Waals surface area contributed by atoms with Crippen LogP contribution in [0.5, 0.6) is 5.75 Å². The van der Waals surface area contributed by atoms with E-state index in [0.717, 1.165) is 5.56 Å². The summed E-state index contributed by atoms with van der Waals surface area (Å²) in [6.45, 7) is 11.4. The summed E-state index contributed by atoms with van der Waals surface area (Å²) in [4.78, 5) is 0. The topological polar surface area (TPSA) is 98.3 Å². The van der Waals surface area contributed by atoms with Crippen molar-refractivity contribution >= 4 is 0 Å². The van der Waals surface area contributed by atoms with Crippen LogP contribution in [0.15, 0.2) is 24.3 Å². The molecule has 0 atom stereocenters. The van der Waals surface area contributed by atoms with Crippen molar-refractivity contribution in [1.29, 1.82) is 0 Å². The lowest BCUT2D eigenvalue weighted by molar-refractivity contribution is 0.309. The van der Waals surface area contributed by atoms with Crippen LogP contribution in [0.3, 0.4) is 0 Å². The van der Waals surface area contributed by atoms with Gasteiger partial charge in [0.1, 0.15) is 5.75 Å². The van der Waals surface area contributed by atoms with E-state index in [0.29, 0.717) is 0 Å². The number of para-hydroxylation sites is 1. The standard InChI is InChI=1S/C9H13NO.C6H16N2/c1-9(2,10)7-5-3-4-6-8(7)11;1-5(2,7)6(3,4)8/h3-6,11H,10H2,1-2H3;7-8H2,1-4H3. The number of hydrogen-bond donors (Lipinski definition) is 4. The fraction of sp³-hybridized carbons (Fsp3) is 0.600. The Morgan fingerprint density at radius 1 is 0.789 bits per heavy atom. The van der Waals surface area contributed by atoms with E-state index in [-0.39, 0.29) is 16.8 Å². The average Bonchev–Trinajstić information content (AvgIpc) is 2.14. The van der Waals surface area contributed by atoms with Gasteiger partial charge in [0.2, 0.25) is 0 Å². The van der Waals surface area contributed by atoms with Gasteiger partial charge in [0.15, 0.2) is 0 Å². The summed E-state index contributed by atoms with van der Waals surface area (Å²) in [5, 5.41) is 9.37. The Labute approximate surface area is 117 Å². The SMILES string of the molecule is CC(C)(N)C(C)(C)N.CC(C)(N)c1ccccc1O. The molecular weight excluding hydrogens is 238 g/mol. The van der Waals surface area contributed by atoms with Crippen molar-refractivity contribution in [3.05, 3.63) is 29.8 Å². The maximum atomic E-state index is 9.37. The molecule has 1 aromatic rings. The second kappa shape index (κ2) is 5.90. The molecule has 0 saturated heterocycles. The number of phenolic OH excluding ortho intramolecular Hbond substituents is 1. The molecule has 7 N–H and O–H groups in total. The van der Waals surface area contributed by atoms with Gasteiger partial charge in [-0.25, -0.2) is 0 Å². The minimum Gasteiger partial charge on any atom is -0.508 e. The van der Waals surface area contributed by atoms with Gasteiger partial charge in [-0.3, -0.25) is 0 Å². The van der Waals surface area contributed by atoms with Crippen molar-refractivity contribution in [1.82, 2.24) is 0 Å². The van der Waals surface area contributed by atoms with Gasteiger partial charge in [0.25, 0.3) is 0 Å². The van der Waals surface area contributed by atoms with Crippen LogP contribution in [0, 0.1) is 0 Å². The van der Waals surface area contributed by atoms with Crippen LogP contribution < -0.4 is 17.2 Å². The Bertz CT molecular complexity index is 383. The van der Waals surface area contributed by atoms with Gasteiger partial charge >= 0.3 is 0 Å². The van der Waals surface area contributed by atoms with Crippen molar-refractivity contribution in [3.8, 4) is 5.75 Å². The quantitative estimate of drug-likeness (QED) is 0.659. The molecule has 0 radical (unpaired) electrons. The van der Waals surface area contributed by atoms with Crippen LogP contribution >= 0.6 is 0 Å². The third kappa shape index (κ3) is 6.05. The number of hydrogen-bond acceptors (Lipinski definition) is 4. The van der Waals surface area contributed by atoms with E-state index in [1.54, 1.807) is 12.1 Å². The van der Waals surface area contributed by atoms with E-state index in [2.05, 4.69) is 0 Å². The van der Waals surface area contributed by atoms with Crippen molar-refractivity contribution in [2.24, 2.45) is 17.2 Å². The predicted molar refractivity (Wildman–Crippen MR) is 81.9 cm³/mol. The Hall–Kier alpha value is -1.10. The summed E-state index contributed by atoms with van der Waals surface area (Å²) in [5.41, 5.74) is 16.9. The molecule has 0 aliphatic heterocycles. The molecule has 0 aliphatic rings. The summed E-state index contributed by atoms with van der Waals surface area (Å²) < 4.78 is 0. The van der Waals surface area contributed by atoms with Gasteiger partial charge in [-0.1, -0.05) is 18.2 Å². The lowest BCUT2D eigenvalue weighted by Gasteiger charge is -2.34. The molecule has 110 valence electrons. The van der Waals surface area contributed by atoms with E-state index in [9.17, 15) is 5.11 Å². The average molecular weight is 267 g/mol. The zero-order valence-electron chi connectivity index (χ0n) is 13.0. The van der Waals surface area contributed by atoms with Crippen LogP contribution in [-0.4, -0.2) is 16.2 Å². The third-order valence-corrected chi connectivity index (χ3v) is 3.26. The molecule has 19 heavy (non-hydrogen) atoms. The molecule has 4 heteroatoms. The van der Waals surface area contributed by atoms with Crippen molar-refractivity contribution in [2.75, 3.05) is 0 Å². The first kappa shape index (κ1) is 17.9. The normalized spacial score (nSPS) is 12.7. The first-order chi connectivity index (χ1) is 8.27. The molecule has 0 spiro atoms. The van der Waals surface area contributed by atoms with Gasteiger partial charge in [0, 0.05) is 22.2 Å². The lowest BCUT2D eigenvalue weighted by Crippen LogP contribution is -2.58. The highest BCUT2D eigenvalue weighted by Crippen LogP contribution is 2.25. The third-order valence-electron chi connectivity index (χ3n) is 3.26. The summed E-state index contributed by atoms with van der Waals surface area (Å²) >= 11 is 0. The summed E-state index contributed by atoms with van der Waals surface area (Å²) in [7, 11) is 0. The molecule has 0 fully saturated rings. The highest BCUT2D eigenvalue weighted by atomic mass is 16.3. The van der Waals surface area contributed by atoms with Crippen LogP contribution in [0.4, 0.5) is 0 Å². The monoisotopic (exact) mass is 267 g/mol. The molecule has 0 saturated carbocycles. The summed E-state index contributed by atoms with van der Waals surface area (Å²) in [5.74, 6) is 0.264. The van der Waals surface area contributed by atoms with Crippen molar-refractivity contribution in [2.45, 2.75) is 58.2 Å². The Kier molecular flexibility index (Phi) is 5.56. The van der Waals surface area contributed by atoms with Crippen LogP contribution in [0.2, 0.25) is 0 Å². The number of rotatable bonds is 2. The Balaban J connectivity index is 0.000000362. The van der Waals surface area contributed by atoms with E-state index >= 15 is 0 Å². The van der Waals surface area contributed by atoms with Gasteiger partial charge in [-0.2, -0.15) is 0 Å². The van der Waals surface area contributed by atoms with Crippen molar-refractivity contribution < 1.29 is 5.11 Å². The van der Waals surface area contributed by atoms with Gasteiger partial charge < -0.3 is 22.3 Å². The first-order valence-corrected chi connectivity index (χ1v) is 6.42. The van der Waals surface area contributed by atoms with Crippen LogP contribution in [0.1, 0.15) is 47.1 Å². The molecule has 0 aromatic heterocycles. The number of aromatic hydroxyl groups is 1. The van der Waals surface area contributed by atoms with E-state index < -0.39 is 5.54 Å². The Morgan fingerprint density at radius 2 is 1.16 bits per heavy atom. The zero-order valence-corrected chi connectivity index (χ0v) is 13.0. The fourth-order valence-electron chi connectivity index (χ4n) is 1.02. The highest BCUT2D eigenvalue weighted by molar-refractivity contribution is 5.36. The van der Waals surface area contributed by atoms with E-state index in [1.165, 1.54) is 0 Å². The van der Waals surface area contributed by atoms with Crippen molar-refractivity contribution in [3.63, 3.8) is 0 Å². The smallest absolute Gasteiger partial charge is 0.120 e. The molecule has 1 rings (SSSR count). The van der Waals surface area contributed by atoms with Gasteiger partial charge in [0.05, 0.1) is 0 Å². The van der Waals surface area contributed by atoms with Crippen LogP contribution in [0.25, 0.3) is 0 Å². The minimum absolute atomic E-state index is 0.264. The molecular formula is C15H29N3O. The molecule has 0 unspecified atom stereocenters. The number of benzene rings is 1. The highest BCUT2D eigenvalue weighted by Gasteiger charge is 2.28. The largest absolute Gasteiger partial charge is 0.508 e. The van der Waals surface area contributed by atoms with Gasteiger partial charge in [-0.05, 0) is 47.6 Å². The lowest BCUT2D eigenvalue weighted by atomic mass is 9.85. The molecule has 0 aliphatic carbocycles. The maximum absolute atomic E-state index is 9.37.